The van der Waals surface area contributed by atoms with Crippen LogP contribution in [0.5, 0.6) is 0 Å². The molecule has 6 heteroatoms. The van der Waals surface area contributed by atoms with E-state index in [-0.39, 0.29) is 12.5 Å². The topological polar surface area (TPSA) is 37.8 Å². The molecule has 0 aromatic carbocycles. The lowest BCUT2D eigenvalue weighted by atomic mass is 10.1. The van der Waals surface area contributed by atoms with Crippen molar-refractivity contribution in [3.63, 3.8) is 0 Å². The molecule has 16 heavy (non-hydrogen) atoms. The Labute approximate surface area is 92.1 Å². The van der Waals surface area contributed by atoms with Crippen molar-refractivity contribution in [2.75, 3.05) is 6.54 Å². The Morgan fingerprint density at radius 3 is 2.69 bits per heavy atom. The molecule has 0 aliphatic heterocycles. The van der Waals surface area contributed by atoms with Crippen molar-refractivity contribution in [3.8, 4) is 0 Å². The predicted molar refractivity (Wildman–Crippen MR) is 53.7 cm³/mol. The Bertz CT molecular complexity index is 300. The van der Waals surface area contributed by atoms with Crippen molar-refractivity contribution in [2.45, 2.75) is 32.0 Å². The molecule has 1 aromatic rings. The molecule has 1 aromatic heterocycles. The zero-order chi connectivity index (χ0) is 12.0. The average molecular weight is 233 g/mol. The molecule has 1 unspecified atom stereocenters. The van der Waals surface area contributed by atoms with Crippen LogP contribution in [-0.4, -0.2) is 22.7 Å². The summed E-state index contributed by atoms with van der Waals surface area (Å²) in [7, 11) is 0. The second kappa shape index (κ2) is 5.79. The van der Waals surface area contributed by atoms with Gasteiger partial charge in [0.2, 0.25) is 0 Å². The zero-order valence-corrected chi connectivity index (χ0v) is 8.96. The molecular formula is C10H14F3N3. The van der Waals surface area contributed by atoms with Gasteiger partial charge in [0.15, 0.2) is 0 Å². The molecule has 1 heterocycles. The van der Waals surface area contributed by atoms with Crippen LogP contribution in [0.4, 0.5) is 13.2 Å². The number of nitrogens with zero attached hydrogens (tertiary/aromatic N) is 2. The summed E-state index contributed by atoms with van der Waals surface area (Å²) in [5.41, 5.74) is 0.598. The van der Waals surface area contributed by atoms with Crippen LogP contribution in [-0.2, 0) is 0 Å². The Hall–Kier alpha value is -1.17. The Morgan fingerprint density at radius 2 is 2.19 bits per heavy atom. The SMILES string of the molecule is CCNC(CCC(F)(F)F)c1ccncn1. The second-order valence-corrected chi connectivity index (χ2v) is 3.40. The molecular weight excluding hydrogens is 219 g/mol. The highest BCUT2D eigenvalue weighted by molar-refractivity contribution is 5.04. The Balaban J connectivity index is 2.61. The first-order chi connectivity index (χ1) is 7.53. The number of nitrogens with one attached hydrogen (secondary N) is 1. The average Bonchev–Trinajstić information content (AvgIpc) is 2.24. The molecule has 0 fully saturated rings. The van der Waals surface area contributed by atoms with Gasteiger partial charge in [0.1, 0.15) is 6.33 Å². The van der Waals surface area contributed by atoms with E-state index in [9.17, 15) is 13.2 Å². The third-order valence-corrected chi connectivity index (χ3v) is 2.13. The van der Waals surface area contributed by atoms with Gasteiger partial charge in [0, 0.05) is 18.7 Å². The van der Waals surface area contributed by atoms with E-state index in [1.165, 1.54) is 12.5 Å². The molecule has 0 radical (unpaired) electrons. The normalized spacial score (nSPS) is 13.8. The van der Waals surface area contributed by atoms with Crippen molar-refractivity contribution in [1.82, 2.24) is 15.3 Å². The van der Waals surface area contributed by atoms with Gasteiger partial charge in [-0.1, -0.05) is 6.92 Å². The molecule has 0 aliphatic carbocycles. The number of hydrogen-bond acceptors (Lipinski definition) is 3. The molecule has 0 saturated heterocycles. The number of alkyl halides is 3. The largest absolute Gasteiger partial charge is 0.389 e. The highest BCUT2D eigenvalue weighted by Gasteiger charge is 2.28. The van der Waals surface area contributed by atoms with Crippen LogP contribution in [0.2, 0.25) is 0 Å². The van der Waals surface area contributed by atoms with E-state index < -0.39 is 12.6 Å². The highest BCUT2D eigenvalue weighted by Crippen LogP contribution is 2.26. The monoisotopic (exact) mass is 233 g/mol. The van der Waals surface area contributed by atoms with Crippen molar-refractivity contribution in [2.24, 2.45) is 0 Å². The third kappa shape index (κ3) is 4.57. The van der Waals surface area contributed by atoms with Crippen LogP contribution < -0.4 is 5.32 Å². The van der Waals surface area contributed by atoms with Gasteiger partial charge < -0.3 is 5.32 Å². The second-order valence-electron chi connectivity index (χ2n) is 3.40. The first-order valence-corrected chi connectivity index (χ1v) is 5.09. The quantitative estimate of drug-likeness (QED) is 0.849. The fourth-order valence-electron chi connectivity index (χ4n) is 1.42. The van der Waals surface area contributed by atoms with Crippen molar-refractivity contribution in [1.29, 1.82) is 0 Å². The minimum Gasteiger partial charge on any atom is -0.309 e. The molecule has 3 nitrogen and oxygen atoms in total. The first kappa shape index (κ1) is 12.9. The van der Waals surface area contributed by atoms with E-state index in [4.69, 9.17) is 0 Å². The predicted octanol–water partition coefficient (Wildman–Crippen LogP) is 2.47. The van der Waals surface area contributed by atoms with Gasteiger partial charge in [-0.15, -0.1) is 0 Å². The number of halogens is 3. The van der Waals surface area contributed by atoms with Crippen molar-refractivity contribution in [3.05, 3.63) is 24.3 Å². The van der Waals surface area contributed by atoms with Crippen molar-refractivity contribution < 1.29 is 13.2 Å². The fourth-order valence-corrected chi connectivity index (χ4v) is 1.42. The molecule has 0 amide bonds. The molecule has 0 spiro atoms. The van der Waals surface area contributed by atoms with E-state index >= 15 is 0 Å². The smallest absolute Gasteiger partial charge is 0.309 e. The summed E-state index contributed by atoms with van der Waals surface area (Å²) in [6.07, 6.45) is -2.07. The summed E-state index contributed by atoms with van der Waals surface area (Å²) in [6, 6.07) is 1.26. The maximum absolute atomic E-state index is 12.1. The lowest BCUT2D eigenvalue weighted by molar-refractivity contribution is -0.136. The highest BCUT2D eigenvalue weighted by atomic mass is 19.4. The Kier molecular flexibility index (Phi) is 4.67. The van der Waals surface area contributed by atoms with E-state index in [0.29, 0.717) is 12.2 Å². The summed E-state index contributed by atoms with van der Waals surface area (Å²) in [5, 5.41) is 2.98. The van der Waals surface area contributed by atoms with Crippen LogP contribution in [0.15, 0.2) is 18.6 Å². The summed E-state index contributed by atoms with van der Waals surface area (Å²) >= 11 is 0. The van der Waals surface area contributed by atoms with Gasteiger partial charge in [0.05, 0.1) is 5.69 Å². The van der Waals surface area contributed by atoms with Gasteiger partial charge in [-0.2, -0.15) is 13.2 Å². The maximum atomic E-state index is 12.1. The zero-order valence-electron chi connectivity index (χ0n) is 8.96. The summed E-state index contributed by atoms with van der Waals surface area (Å²) in [4.78, 5) is 7.69. The molecule has 0 aliphatic rings. The lowest BCUT2D eigenvalue weighted by Gasteiger charge is -2.17. The van der Waals surface area contributed by atoms with E-state index in [1.807, 2.05) is 6.92 Å². The number of hydrogen-bond donors (Lipinski definition) is 1. The summed E-state index contributed by atoms with van der Waals surface area (Å²) < 4.78 is 36.3. The third-order valence-electron chi connectivity index (χ3n) is 2.13. The van der Waals surface area contributed by atoms with Gasteiger partial charge in [-0.05, 0) is 19.0 Å². The van der Waals surface area contributed by atoms with Crippen LogP contribution in [0.25, 0.3) is 0 Å². The first-order valence-electron chi connectivity index (χ1n) is 5.09. The van der Waals surface area contributed by atoms with E-state index in [1.54, 1.807) is 6.07 Å². The van der Waals surface area contributed by atoms with Gasteiger partial charge in [-0.25, -0.2) is 9.97 Å². The van der Waals surface area contributed by atoms with Gasteiger partial charge in [-0.3, -0.25) is 0 Å². The van der Waals surface area contributed by atoms with Gasteiger partial charge >= 0.3 is 6.18 Å². The van der Waals surface area contributed by atoms with Crippen LogP contribution in [0.1, 0.15) is 31.5 Å². The number of aromatic nitrogens is 2. The minimum absolute atomic E-state index is 0.00560. The summed E-state index contributed by atoms with van der Waals surface area (Å²) in [5.74, 6) is 0. The standard InChI is InChI=1S/C10H14F3N3/c1-2-15-8(3-5-10(11,12)13)9-4-6-14-7-16-9/h4,6-8,15H,2-3,5H2,1H3. The van der Waals surface area contributed by atoms with Crippen LogP contribution >= 0.6 is 0 Å². The summed E-state index contributed by atoms with van der Waals surface area (Å²) in [6.45, 7) is 2.45. The molecule has 0 bridgehead atoms. The van der Waals surface area contributed by atoms with Crippen LogP contribution in [0, 0.1) is 0 Å². The molecule has 1 N–H and O–H groups in total. The Morgan fingerprint density at radius 1 is 1.44 bits per heavy atom. The fraction of sp³-hybridized carbons (Fsp3) is 0.600. The number of rotatable bonds is 5. The molecule has 1 atom stereocenters. The van der Waals surface area contributed by atoms with E-state index in [2.05, 4.69) is 15.3 Å². The van der Waals surface area contributed by atoms with Gasteiger partial charge in [0.25, 0.3) is 0 Å². The van der Waals surface area contributed by atoms with Crippen molar-refractivity contribution >= 4 is 0 Å². The maximum Gasteiger partial charge on any atom is 0.389 e. The van der Waals surface area contributed by atoms with Crippen LogP contribution in [0.3, 0.4) is 0 Å². The minimum atomic E-state index is -4.12. The van der Waals surface area contributed by atoms with E-state index in [0.717, 1.165) is 0 Å². The molecule has 0 saturated carbocycles. The molecule has 90 valence electrons. The lowest BCUT2D eigenvalue weighted by Crippen LogP contribution is -2.24. The molecule has 1 rings (SSSR count).